The molecule has 0 aliphatic rings. The van der Waals surface area contributed by atoms with Crippen LogP contribution in [0.2, 0.25) is 0 Å². The van der Waals surface area contributed by atoms with Crippen molar-refractivity contribution in [2.75, 3.05) is 0 Å². The third-order valence-corrected chi connectivity index (χ3v) is 1.13. The van der Waals surface area contributed by atoms with Gasteiger partial charge in [0.1, 0.15) is 5.78 Å². The van der Waals surface area contributed by atoms with Crippen LogP contribution >= 0.6 is 0 Å². The summed E-state index contributed by atoms with van der Waals surface area (Å²) in [6.07, 6.45) is 2.65. The first-order valence-corrected chi connectivity index (χ1v) is 3.26. The summed E-state index contributed by atoms with van der Waals surface area (Å²) in [7, 11) is 0. The predicted octanol–water partition coefficient (Wildman–Crippen LogP) is 2.32. The van der Waals surface area contributed by atoms with Gasteiger partial charge in [0, 0.05) is 6.42 Å². The van der Waals surface area contributed by atoms with E-state index in [0.717, 1.165) is 18.4 Å². The zero-order valence-electron chi connectivity index (χ0n) is 6.24. The van der Waals surface area contributed by atoms with E-state index < -0.39 is 0 Å². The zero-order valence-corrected chi connectivity index (χ0v) is 6.24. The Hall–Kier alpha value is -0.590. The van der Waals surface area contributed by atoms with Gasteiger partial charge >= 0.3 is 0 Å². The van der Waals surface area contributed by atoms with Crippen LogP contribution in [-0.4, -0.2) is 5.78 Å². The Morgan fingerprint density at radius 2 is 1.89 bits per heavy atom. The van der Waals surface area contributed by atoms with Crippen LogP contribution in [0.3, 0.4) is 0 Å². The molecule has 0 radical (unpaired) electrons. The second-order valence-electron chi connectivity index (χ2n) is 2.51. The first kappa shape index (κ1) is 8.41. The summed E-state index contributed by atoms with van der Waals surface area (Å²) in [5, 5.41) is 0. The maximum atomic E-state index is 10.4. The van der Waals surface area contributed by atoms with Crippen LogP contribution in [0.1, 0.15) is 33.1 Å². The van der Waals surface area contributed by atoms with Gasteiger partial charge in [-0.15, -0.1) is 6.58 Å². The van der Waals surface area contributed by atoms with E-state index >= 15 is 0 Å². The molecule has 0 bridgehead atoms. The Bertz CT molecular complexity index is 99.7. The molecule has 52 valence electrons. The van der Waals surface area contributed by atoms with Crippen molar-refractivity contribution in [1.29, 1.82) is 0 Å². The van der Waals surface area contributed by atoms with Gasteiger partial charge in [0.05, 0.1) is 0 Å². The van der Waals surface area contributed by atoms with Crippen molar-refractivity contribution in [3.8, 4) is 0 Å². The lowest BCUT2D eigenvalue weighted by molar-refractivity contribution is -0.117. The topological polar surface area (TPSA) is 17.1 Å². The molecule has 0 fully saturated rings. The van der Waals surface area contributed by atoms with Crippen molar-refractivity contribution in [3.05, 3.63) is 12.2 Å². The van der Waals surface area contributed by atoms with Crippen LogP contribution in [-0.2, 0) is 4.79 Å². The summed E-state index contributed by atoms with van der Waals surface area (Å²) in [6.45, 7) is 7.35. The summed E-state index contributed by atoms with van der Waals surface area (Å²) >= 11 is 0. The van der Waals surface area contributed by atoms with Gasteiger partial charge in [-0.05, 0) is 26.7 Å². The number of hydrogen-bond donors (Lipinski definition) is 0. The van der Waals surface area contributed by atoms with E-state index in [1.54, 1.807) is 6.92 Å². The standard InChI is InChI=1S/C8H14O/c1-7(2)5-4-6-8(3)9/h1,4-6H2,2-3H3. The Labute approximate surface area is 56.8 Å². The molecule has 0 saturated carbocycles. The summed E-state index contributed by atoms with van der Waals surface area (Å²) < 4.78 is 0. The minimum atomic E-state index is 0.274. The van der Waals surface area contributed by atoms with Gasteiger partial charge in [0.15, 0.2) is 0 Å². The molecular weight excluding hydrogens is 112 g/mol. The lowest BCUT2D eigenvalue weighted by Gasteiger charge is -1.94. The molecule has 0 aliphatic carbocycles. The third-order valence-electron chi connectivity index (χ3n) is 1.13. The highest BCUT2D eigenvalue weighted by atomic mass is 16.1. The molecule has 0 rings (SSSR count). The molecule has 0 aliphatic heterocycles. The van der Waals surface area contributed by atoms with Crippen LogP contribution in [0.25, 0.3) is 0 Å². The number of carbonyl (C=O) groups is 1. The highest BCUT2D eigenvalue weighted by molar-refractivity contribution is 5.75. The van der Waals surface area contributed by atoms with E-state index in [4.69, 9.17) is 0 Å². The molecule has 9 heavy (non-hydrogen) atoms. The summed E-state index contributed by atoms with van der Waals surface area (Å²) in [6, 6.07) is 0. The number of Topliss-reactive ketones (excluding diaryl/α,β-unsaturated/α-hetero) is 1. The molecule has 0 heterocycles. The van der Waals surface area contributed by atoms with Gasteiger partial charge < -0.3 is 4.79 Å². The maximum absolute atomic E-state index is 10.4. The van der Waals surface area contributed by atoms with E-state index in [0.29, 0.717) is 6.42 Å². The van der Waals surface area contributed by atoms with E-state index in [1.807, 2.05) is 6.92 Å². The van der Waals surface area contributed by atoms with Crippen molar-refractivity contribution in [1.82, 2.24) is 0 Å². The molecule has 0 saturated heterocycles. The number of rotatable bonds is 4. The van der Waals surface area contributed by atoms with E-state index in [1.165, 1.54) is 0 Å². The van der Waals surface area contributed by atoms with E-state index in [2.05, 4.69) is 6.58 Å². The fourth-order valence-electron chi connectivity index (χ4n) is 0.639. The number of allylic oxidation sites excluding steroid dienone is 1. The average Bonchev–Trinajstić information content (AvgIpc) is 1.63. The molecule has 1 heteroatoms. The molecule has 0 unspecified atom stereocenters. The van der Waals surface area contributed by atoms with E-state index in [-0.39, 0.29) is 5.78 Å². The van der Waals surface area contributed by atoms with Crippen molar-refractivity contribution in [3.63, 3.8) is 0 Å². The van der Waals surface area contributed by atoms with Crippen LogP contribution in [0.4, 0.5) is 0 Å². The second-order valence-corrected chi connectivity index (χ2v) is 2.51. The minimum Gasteiger partial charge on any atom is -0.300 e. The van der Waals surface area contributed by atoms with Crippen molar-refractivity contribution in [2.45, 2.75) is 33.1 Å². The molecule has 1 nitrogen and oxygen atoms in total. The quantitative estimate of drug-likeness (QED) is 0.528. The minimum absolute atomic E-state index is 0.274. The SMILES string of the molecule is C=C(C)CCCC(C)=O. The molecule has 0 spiro atoms. The van der Waals surface area contributed by atoms with Crippen molar-refractivity contribution in [2.24, 2.45) is 0 Å². The third kappa shape index (κ3) is 7.41. The first-order chi connectivity index (χ1) is 4.13. The normalized spacial score (nSPS) is 9.11. The van der Waals surface area contributed by atoms with E-state index in [9.17, 15) is 4.79 Å². The monoisotopic (exact) mass is 126 g/mol. The lowest BCUT2D eigenvalue weighted by atomic mass is 10.1. The molecule has 0 amide bonds. The van der Waals surface area contributed by atoms with Gasteiger partial charge in [-0.25, -0.2) is 0 Å². The van der Waals surface area contributed by atoms with Gasteiger partial charge in [0.2, 0.25) is 0 Å². The van der Waals surface area contributed by atoms with Gasteiger partial charge in [-0.2, -0.15) is 0 Å². The number of hydrogen-bond acceptors (Lipinski definition) is 1. The Kier molecular flexibility index (Phi) is 4.02. The number of carbonyl (C=O) groups excluding carboxylic acids is 1. The van der Waals surface area contributed by atoms with Crippen LogP contribution in [0.5, 0.6) is 0 Å². The Morgan fingerprint density at radius 1 is 1.33 bits per heavy atom. The molecule has 0 aromatic carbocycles. The Morgan fingerprint density at radius 3 is 2.22 bits per heavy atom. The highest BCUT2D eigenvalue weighted by Crippen LogP contribution is 2.03. The number of ketones is 1. The predicted molar refractivity (Wildman–Crippen MR) is 39.3 cm³/mol. The highest BCUT2D eigenvalue weighted by Gasteiger charge is 1.91. The maximum Gasteiger partial charge on any atom is 0.129 e. The zero-order chi connectivity index (χ0) is 7.28. The van der Waals surface area contributed by atoms with Crippen LogP contribution < -0.4 is 0 Å². The van der Waals surface area contributed by atoms with Crippen molar-refractivity contribution >= 4 is 5.78 Å². The second kappa shape index (κ2) is 4.30. The molecule has 0 aromatic heterocycles. The Balaban J connectivity index is 3.10. The largest absolute Gasteiger partial charge is 0.300 e. The fraction of sp³-hybridized carbons (Fsp3) is 0.625. The van der Waals surface area contributed by atoms with Crippen LogP contribution in [0, 0.1) is 0 Å². The summed E-state index contributed by atoms with van der Waals surface area (Å²) in [4.78, 5) is 10.4. The van der Waals surface area contributed by atoms with Gasteiger partial charge in [-0.3, -0.25) is 0 Å². The molecule has 0 aromatic rings. The first-order valence-electron chi connectivity index (χ1n) is 3.26. The fourth-order valence-corrected chi connectivity index (χ4v) is 0.639. The average molecular weight is 126 g/mol. The molecule has 0 N–H and O–H groups in total. The smallest absolute Gasteiger partial charge is 0.129 e. The van der Waals surface area contributed by atoms with Crippen molar-refractivity contribution < 1.29 is 4.79 Å². The van der Waals surface area contributed by atoms with Gasteiger partial charge in [0.25, 0.3) is 0 Å². The lowest BCUT2D eigenvalue weighted by Crippen LogP contribution is -1.88. The molecule has 0 atom stereocenters. The van der Waals surface area contributed by atoms with Gasteiger partial charge in [-0.1, -0.05) is 5.57 Å². The summed E-state index contributed by atoms with van der Waals surface area (Å²) in [5.74, 6) is 0.274. The molecular formula is C8H14O. The van der Waals surface area contributed by atoms with Crippen LogP contribution in [0.15, 0.2) is 12.2 Å². The summed E-state index contributed by atoms with van der Waals surface area (Å²) in [5.41, 5.74) is 1.16.